The van der Waals surface area contributed by atoms with Gasteiger partial charge in [-0.1, -0.05) is 19.9 Å². The van der Waals surface area contributed by atoms with Crippen LogP contribution in [0.4, 0.5) is 17.6 Å². The van der Waals surface area contributed by atoms with Crippen LogP contribution in [-0.2, 0) is 6.18 Å². The van der Waals surface area contributed by atoms with Crippen molar-refractivity contribution in [3.05, 3.63) is 71.9 Å². The molecule has 37 heavy (non-hydrogen) atoms. The highest BCUT2D eigenvalue weighted by molar-refractivity contribution is 6.01. The van der Waals surface area contributed by atoms with Crippen LogP contribution in [-0.4, -0.2) is 43.9 Å². The van der Waals surface area contributed by atoms with Gasteiger partial charge in [0.25, 0.3) is 5.91 Å². The minimum absolute atomic E-state index is 0.0426. The molecule has 0 unspecified atom stereocenters. The van der Waals surface area contributed by atoms with E-state index >= 15 is 0 Å². The number of ether oxygens (including phenoxy) is 1. The first-order chi connectivity index (χ1) is 17.6. The number of likely N-dealkylation sites (tertiary alicyclic amines) is 1. The lowest BCUT2D eigenvalue weighted by molar-refractivity contribution is -0.137. The molecule has 2 bridgehead atoms. The Morgan fingerprint density at radius 3 is 2.49 bits per heavy atom. The number of rotatable bonds is 6. The van der Waals surface area contributed by atoms with E-state index in [-0.39, 0.29) is 46.7 Å². The van der Waals surface area contributed by atoms with Crippen molar-refractivity contribution in [2.45, 2.75) is 57.5 Å². The molecule has 1 aromatic carbocycles. The number of pyridine rings is 1. The molecule has 1 amide bonds. The molecule has 0 N–H and O–H groups in total. The smallest absolute Gasteiger partial charge is 0.417 e. The predicted molar refractivity (Wildman–Crippen MR) is 127 cm³/mol. The third kappa shape index (κ3) is 4.89. The van der Waals surface area contributed by atoms with Crippen molar-refractivity contribution < 1.29 is 27.1 Å². The van der Waals surface area contributed by atoms with Crippen LogP contribution in [0.5, 0.6) is 5.88 Å². The van der Waals surface area contributed by atoms with Crippen molar-refractivity contribution in [3.8, 4) is 17.3 Å². The molecule has 5 rings (SSSR count). The number of benzene rings is 1. The molecular formula is C27H26F4N4O2. The van der Waals surface area contributed by atoms with E-state index in [9.17, 15) is 22.4 Å². The molecule has 1 saturated heterocycles. The van der Waals surface area contributed by atoms with Crippen LogP contribution >= 0.6 is 0 Å². The Labute approximate surface area is 211 Å². The SMILES string of the molecule is CC(C)C[C@@H]1[C@H]2C[C@@H](Oc3ccc(C(F)(F)F)cn3)[C@H](C2)N1C(=O)c1cccc(F)c1-c1ncccn1. The number of hydrogen-bond donors (Lipinski definition) is 0. The Balaban J connectivity index is 1.46. The van der Waals surface area contributed by atoms with Crippen LogP contribution in [0, 0.1) is 17.7 Å². The van der Waals surface area contributed by atoms with Crippen molar-refractivity contribution >= 4 is 5.91 Å². The standard InChI is InChI=1S/C27H26F4N4O2/c1-15(2)11-20-16-12-21(22(13-16)37-23-8-7-17(14-34-23)27(29,30)31)35(20)26(36)18-5-3-6-19(28)24(18)25-32-9-4-10-33-25/h3-10,14-16,20-22H,11-13H2,1-2H3/t16-,20-,21+,22-/m1/s1. The number of nitrogens with zero attached hydrogens (tertiary/aromatic N) is 4. The van der Waals surface area contributed by atoms with Crippen LogP contribution in [0.1, 0.15) is 49.0 Å². The van der Waals surface area contributed by atoms with E-state index in [1.54, 1.807) is 17.0 Å². The summed E-state index contributed by atoms with van der Waals surface area (Å²) in [6, 6.07) is 7.68. The summed E-state index contributed by atoms with van der Waals surface area (Å²) in [7, 11) is 0. The van der Waals surface area contributed by atoms with Gasteiger partial charge in [-0.2, -0.15) is 13.2 Å². The molecule has 0 spiro atoms. The zero-order valence-electron chi connectivity index (χ0n) is 20.3. The fourth-order valence-corrected chi connectivity index (χ4v) is 5.58. The van der Waals surface area contributed by atoms with Gasteiger partial charge >= 0.3 is 6.18 Å². The largest absolute Gasteiger partial charge is 0.472 e. The van der Waals surface area contributed by atoms with Gasteiger partial charge in [0.2, 0.25) is 5.88 Å². The maximum absolute atomic E-state index is 15.0. The quantitative estimate of drug-likeness (QED) is 0.390. The number of carbonyl (C=O) groups is 1. The van der Waals surface area contributed by atoms with E-state index in [2.05, 4.69) is 28.8 Å². The Morgan fingerprint density at radius 1 is 1.08 bits per heavy atom. The average molecular weight is 515 g/mol. The Kier molecular flexibility index (Phi) is 6.59. The van der Waals surface area contributed by atoms with Crippen molar-refractivity contribution in [3.63, 3.8) is 0 Å². The van der Waals surface area contributed by atoms with Crippen LogP contribution in [0.3, 0.4) is 0 Å². The van der Waals surface area contributed by atoms with Gasteiger partial charge in [-0.05, 0) is 55.4 Å². The number of piperidine rings is 1. The highest BCUT2D eigenvalue weighted by Crippen LogP contribution is 2.47. The summed E-state index contributed by atoms with van der Waals surface area (Å²) < 4.78 is 59.8. The molecule has 6 nitrogen and oxygen atoms in total. The number of aromatic nitrogens is 3. The highest BCUT2D eigenvalue weighted by Gasteiger charge is 2.54. The molecule has 2 aromatic heterocycles. The van der Waals surface area contributed by atoms with E-state index in [1.165, 1.54) is 30.6 Å². The maximum Gasteiger partial charge on any atom is 0.417 e. The van der Waals surface area contributed by atoms with Gasteiger partial charge in [0.05, 0.1) is 22.7 Å². The molecule has 2 fully saturated rings. The van der Waals surface area contributed by atoms with Crippen LogP contribution in [0.15, 0.2) is 55.0 Å². The first kappa shape index (κ1) is 25.1. The number of amides is 1. The number of hydrogen-bond acceptors (Lipinski definition) is 5. The summed E-state index contributed by atoms with van der Waals surface area (Å²) in [5.41, 5.74) is -0.650. The van der Waals surface area contributed by atoms with Crippen LogP contribution < -0.4 is 4.74 Å². The molecule has 1 aliphatic carbocycles. The van der Waals surface area contributed by atoms with Crippen molar-refractivity contribution in [1.29, 1.82) is 0 Å². The summed E-state index contributed by atoms with van der Waals surface area (Å²) in [4.78, 5) is 28.0. The van der Waals surface area contributed by atoms with Crippen LogP contribution in [0.2, 0.25) is 0 Å². The number of fused-ring (bicyclic) bond motifs is 2. The van der Waals surface area contributed by atoms with E-state index in [0.29, 0.717) is 18.8 Å². The monoisotopic (exact) mass is 514 g/mol. The number of halogens is 4. The molecule has 1 saturated carbocycles. The van der Waals surface area contributed by atoms with E-state index in [0.717, 1.165) is 18.7 Å². The summed E-state index contributed by atoms with van der Waals surface area (Å²) in [6.07, 6.45) is 0.916. The van der Waals surface area contributed by atoms with Crippen molar-refractivity contribution in [2.24, 2.45) is 11.8 Å². The van der Waals surface area contributed by atoms with Gasteiger partial charge in [-0.15, -0.1) is 0 Å². The topological polar surface area (TPSA) is 68.2 Å². The maximum atomic E-state index is 15.0. The van der Waals surface area contributed by atoms with E-state index in [4.69, 9.17) is 4.74 Å². The fourth-order valence-electron chi connectivity index (χ4n) is 5.58. The third-order valence-electron chi connectivity index (χ3n) is 7.08. The lowest BCUT2D eigenvalue weighted by Crippen LogP contribution is -2.52. The molecule has 4 atom stereocenters. The normalized spacial score (nSPS) is 23.1. The lowest BCUT2D eigenvalue weighted by Gasteiger charge is -2.40. The Morgan fingerprint density at radius 2 is 1.84 bits per heavy atom. The number of alkyl halides is 3. The Hall–Kier alpha value is -3.56. The molecule has 10 heteroatoms. The molecule has 1 aliphatic heterocycles. The molecule has 2 aliphatic rings. The van der Waals surface area contributed by atoms with E-state index < -0.39 is 23.7 Å². The van der Waals surface area contributed by atoms with Gasteiger partial charge in [-0.3, -0.25) is 4.79 Å². The van der Waals surface area contributed by atoms with Gasteiger partial charge in [0, 0.05) is 30.7 Å². The second kappa shape index (κ2) is 9.72. The molecular weight excluding hydrogens is 488 g/mol. The second-order valence-corrected chi connectivity index (χ2v) is 9.98. The predicted octanol–water partition coefficient (Wildman–Crippen LogP) is 5.79. The lowest BCUT2D eigenvalue weighted by atomic mass is 9.89. The second-order valence-electron chi connectivity index (χ2n) is 9.98. The third-order valence-corrected chi connectivity index (χ3v) is 7.08. The van der Waals surface area contributed by atoms with Crippen LogP contribution in [0.25, 0.3) is 11.4 Å². The average Bonchev–Trinajstić information content (AvgIpc) is 3.41. The molecule has 3 heterocycles. The van der Waals surface area contributed by atoms with Gasteiger partial charge in [0.1, 0.15) is 11.9 Å². The fraction of sp³-hybridized carbons (Fsp3) is 0.407. The zero-order chi connectivity index (χ0) is 26.3. The zero-order valence-corrected chi connectivity index (χ0v) is 20.3. The summed E-state index contributed by atoms with van der Waals surface area (Å²) in [5.74, 6) is -0.267. The summed E-state index contributed by atoms with van der Waals surface area (Å²) in [6.45, 7) is 4.17. The molecule has 194 valence electrons. The first-order valence-corrected chi connectivity index (χ1v) is 12.2. The summed E-state index contributed by atoms with van der Waals surface area (Å²) >= 11 is 0. The minimum Gasteiger partial charge on any atom is -0.472 e. The van der Waals surface area contributed by atoms with Crippen molar-refractivity contribution in [2.75, 3.05) is 0 Å². The van der Waals surface area contributed by atoms with Gasteiger partial charge in [0.15, 0.2) is 5.82 Å². The van der Waals surface area contributed by atoms with E-state index in [1.807, 2.05) is 0 Å². The Bertz CT molecular complexity index is 1270. The number of carbonyl (C=O) groups excluding carboxylic acids is 1. The van der Waals surface area contributed by atoms with Gasteiger partial charge < -0.3 is 9.64 Å². The first-order valence-electron chi connectivity index (χ1n) is 12.2. The minimum atomic E-state index is -4.49. The molecule has 3 aromatic rings. The van der Waals surface area contributed by atoms with Crippen molar-refractivity contribution in [1.82, 2.24) is 19.9 Å². The highest BCUT2D eigenvalue weighted by atomic mass is 19.4. The molecule has 0 radical (unpaired) electrons. The van der Waals surface area contributed by atoms with Gasteiger partial charge in [-0.25, -0.2) is 19.3 Å². The summed E-state index contributed by atoms with van der Waals surface area (Å²) in [5, 5.41) is 0.